The van der Waals surface area contributed by atoms with E-state index in [-0.39, 0.29) is 4.75 Å². The summed E-state index contributed by atoms with van der Waals surface area (Å²) in [4.78, 5) is 1.30. The predicted octanol–water partition coefficient (Wildman–Crippen LogP) is 3.59. The first kappa shape index (κ1) is 11.2. The molecule has 0 unspecified atom stereocenters. The summed E-state index contributed by atoms with van der Waals surface area (Å²) in [6.45, 7) is 0.737. The molecule has 1 aliphatic carbocycles. The van der Waals surface area contributed by atoms with Crippen LogP contribution in [0, 0.1) is 0 Å². The van der Waals surface area contributed by atoms with Crippen LogP contribution in [0.25, 0.3) is 0 Å². The lowest BCUT2D eigenvalue weighted by Gasteiger charge is -2.26. The standard InChI is InChI=1S/C12H14BrNS/c13-10-3-5-11(6-4-10)15-12(9-14)7-1-2-8-12/h1-6H,7-9,14H2. The van der Waals surface area contributed by atoms with Crippen LogP contribution in [-0.4, -0.2) is 11.3 Å². The van der Waals surface area contributed by atoms with Gasteiger partial charge in [-0.05, 0) is 37.1 Å². The van der Waals surface area contributed by atoms with Crippen molar-refractivity contribution in [1.82, 2.24) is 0 Å². The van der Waals surface area contributed by atoms with Crippen molar-refractivity contribution >= 4 is 27.7 Å². The summed E-state index contributed by atoms with van der Waals surface area (Å²) in [6.07, 6.45) is 6.64. The SMILES string of the molecule is NCC1(Sc2ccc(Br)cc2)CC=CC1. The third kappa shape index (κ3) is 2.65. The minimum atomic E-state index is 0.202. The van der Waals surface area contributed by atoms with Crippen LogP contribution >= 0.6 is 27.7 Å². The van der Waals surface area contributed by atoms with Crippen LogP contribution < -0.4 is 5.73 Å². The van der Waals surface area contributed by atoms with Gasteiger partial charge in [0, 0.05) is 20.7 Å². The Kier molecular flexibility index (Phi) is 3.54. The molecule has 1 aromatic rings. The fraction of sp³-hybridized carbons (Fsp3) is 0.333. The fourth-order valence-corrected chi connectivity index (χ4v) is 3.20. The molecule has 80 valence electrons. The summed E-state index contributed by atoms with van der Waals surface area (Å²) in [5.74, 6) is 0. The molecule has 0 fully saturated rings. The van der Waals surface area contributed by atoms with E-state index in [0.717, 1.165) is 23.9 Å². The average Bonchev–Trinajstić information content (AvgIpc) is 2.71. The normalized spacial score (nSPS) is 18.3. The number of halogens is 1. The third-order valence-electron chi connectivity index (χ3n) is 2.67. The van der Waals surface area contributed by atoms with Gasteiger partial charge >= 0.3 is 0 Å². The number of rotatable bonds is 3. The maximum absolute atomic E-state index is 5.88. The van der Waals surface area contributed by atoms with Gasteiger partial charge in [0.1, 0.15) is 0 Å². The lowest BCUT2D eigenvalue weighted by molar-refractivity contribution is 0.641. The minimum Gasteiger partial charge on any atom is -0.329 e. The van der Waals surface area contributed by atoms with Gasteiger partial charge in [-0.1, -0.05) is 28.1 Å². The largest absolute Gasteiger partial charge is 0.329 e. The van der Waals surface area contributed by atoms with Gasteiger partial charge in [-0.25, -0.2) is 0 Å². The molecule has 0 aromatic heterocycles. The van der Waals surface area contributed by atoms with E-state index in [2.05, 4.69) is 52.3 Å². The van der Waals surface area contributed by atoms with Gasteiger partial charge in [0.15, 0.2) is 0 Å². The molecule has 15 heavy (non-hydrogen) atoms. The number of allylic oxidation sites excluding steroid dienone is 2. The summed E-state index contributed by atoms with van der Waals surface area (Å²) < 4.78 is 1.33. The Balaban J connectivity index is 2.10. The summed E-state index contributed by atoms with van der Waals surface area (Å²) in [6, 6.07) is 8.44. The van der Waals surface area contributed by atoms with E-state index < -0.39 is 0 Å². The molecule has 1 nitrogen and oxygen atoms in total. The quantitative estimate of drug-likeness (QED) is 0.858. The Morgan fingerprint density at radius 2 is 1.80 bits per heavy atom. The monoisotopic (exact) mass is 283 g/mol. The Morgan fingerprint density at radius 1 is 1.20 bits per heavy atom. The fourth-order valence-electron chi connectivity index (χ4n) is 1.72. The molecule has 0 saturated carbocycles. The number of hydrogen-bond acceptors (Lipinski definition) is 2. The van der Waals surface area contributed by atoms with Gasteiger partial charge in [0.2, 0.25) is 0 Å². The Hall–Kier alpha value is -0.250. The van der Waals surface area contributed by atoms with Gasteiger partial charge < -0.3 is 5.73 Å². The highest BCUT2D eigenvalue weighted by Crippen LogP contribution is 2.41. The molecule has 3 heteroatoms. The van der Waals surface area contributed by atoms with E-state index in [4.69, 9.17) is 5.73 Å². The highest BCUT2D eigenvalue weighted by atomic mass is 79.9. The average molecular weight is 284 g/mol. The molecular weight excluding hydrogens is 270 g/mol. The van der Waals surface area contributed by atoms with Crippen LogP contribution in [0.1, 0.15) is 12.8 Å². The van der Waals surface area contributed by atoms with Crippen LogP contribution in [0.15, 0.2) is 45.8 Å². The zero-order chi connectivity index (χ0) is 10.7. The summed E-state index contributed by atoms with van der Waals surface area (Å²) in [5.41, 5.74) is 5.88. The molecule has 0 saturated heterocycles. The molecular formula is C12H14BrNS. The molecule has 2 N–H and O–H groups in total. The van der Waals surface area contributed by atoms with Crippen molar-refractivity contribution in [3.63, 3.8) is 0 Å². The van der Waals surface area contributed by atoms with E-state index in [0.29, 0.717) is 0 Å². The second kappa shape index (κ2) is 4.73. The molecule has 1 aromatic carbocycles. The molecule has 2 rings (SSSR count). The van der Waals surface area contributed by atoms with Crippen LogP contribution in [0.5, 0.6) is 0 Å². The summed E-state index contributed by atoms with van der Waals surface area (Å²) in [7, 11) is 0. The van der Waals surface area contributed by atoms with E-state index in [9.17, 15) is 0 Å². The molecule has 0 atom stereocenters. The van der Waals surface area contributed by atoms with Gasteiger partial charge in [-0.15, -0.1) is 11.8 Å². The zero-order valence-corrected chi connectivity index (χ0v) is 10.9. The maximum atomic E-state index is 5.88. The third-order valence-corrected chi connectivity index (χ3v) is 4.64. The first-order valence-corrected chi connectivity index (χ1v) is 6.65. The second-order valence-electron chi connectivity index (χ2n) is 3.82. The van der Waals surface area contributed by atoms with Crippen molar-refractivity contribution in [3.05, 3.63) is 40.9 Å². The topological polar surface area (TPSA) is 26.0 Å². The van der Waals surface area contributed by atoms with Crippen LogP contribution in [0.3, 0.4) is 0 Å². The number of benzene rings is 1. The first-order valence-electron chi connectivity index (χ1n) is 5.04. The predicted molar refractivity (Wildman–Crippen MR) is 70.2 cm³/mol. The molecule has 1 aliphatic rings. The van der Waals surface area contributed by atoms with Crippen molar-refractivity contribution in [1.29, 1.82) is 0 Å². The maximum Gasteiger partial charge on any atom is 0.0397 e. The van der Waals surface area contributed by atoms with Crippen LogP contribution in [-0.2, 0) is 0 Å². The van der Waals surface area contributed by atoms with Crippen molar-refractivity contribution in [3.8, 4) is 0 Å². The molecule has 0 bridgehead atoms. The number of hydrogen-bond donors (Lipinski definition) is 1. The highest BCUT2D eigenvalue weighted by molar-refractivity contribution is 9.10. The van der Waals surface area contributed by atoms with E-state index >= 15 is 0 Å². The number of nitrogens with two attached hydrogens (primary N) is 1. The molecule has 0 aliphatic heterocycles. The second-order valence-corrected chi connectivity index (χ2v) is 6.28. The molecule has 0 radical (unpaired) electrons. The van der Waals surface area contributed by atoms with Crippen LogP contribution in [0.2, 0.25) is 0 Å². The van der Waals surface area contributed by atoms with E-state index in [1.807, 2.05) is 11.8 Å². The number of thioether (sulfide) groups is 1. The smallest absolute Gasteiger partial charge is 0.0397 e. The highest BCUT2D eigenvalue weighted by Gasteiger charge is 2.30. The summed E-state index contributed by atoms with van der Waals surface area (Å²) in [5, 5.41) is 0. The van der Waals surface area contributed by atoms with Crippen molar-refractivity contribution < 1.29 is 0 Å². The summed E-state index contributed by atoms with van der Waals surface area (Å²) >= 11 is 5.34. The minimum absolute atomic E-state index is 0.202. The van der Waals surface area contributed by atoms with Crippen molar-refractivity contribution in [2.24, 2.45) is 5.73 Å². The molecule has 0 heterocycles. The van der Waals surface area contributed by atoms with Gasteiger partial charge in [-0.3, -0.25) is 0 Å². The molecule has 0 spiro atoms. The van der Waals surface area contributed by atoms with Crippen molar-refractivity contribution in [2.75, 3.05) is 6.54 Å². The van der Waals surface area contributed by atoms with Crippen LogP contribution in [0.4, 0.5) is 0 Å². The van der Waals surface area contributed by atoms with Gasteiger partial charge in [0.05, 0.1) is 0 Å². The Bertz CT molecular complexity index is 350. The van der Waals surface area contributed by atoms with Gasteiger partial charge in [0.25, 0.3) is 0 Å². The Morgan fingerprint density at radius 3 is 2.33 bits per heavy atom. The Labute approximate surface area is 103 Å². The van der Waals surface area contributed by atoms with E-state index in [1.54, 1.807) is 0 Å². The van der Waals surface area contributed by atoms with Gasteiger partial charge in [-0.2, -0.15) is 0 Å². The lowest BCUT2D eigenvalue weighted by Crippen LogP contribution is -2.31. The van der Waals surface area contributed by atoms with E-state index in [1.165, 1.54) is 4.90 Å². The zero-order valence-electron chi connectivity index (χ0n) is 8.45. The molecule has 0 amide bonds. The van der Waals surface area contributed by atoms with Crippen molar-refractivity contribution in [2.45, 2.75) is 22.5 Å². The first-order chi connectivity index (χ1) is 7.24. The lowest BCUT2D eigenvalue weighted by atomic mass is 10.1.